The highest BCUT2D eigenvalue weighted by Crippen LogP contribution is 2.13. The highest BCUT2D eigenvalue weighted by atomic mass is 16.1. The van der Waals surface area contributed by atoms with E-state index >= 15 is 0 Å². The lowest BCUT2D eigenvalue weighted by molar-refractivity contribution is 0.565. The molecule has 1 heterocycles. The monoisotopic (exact) mass is 186 g/mol. The van der Waals surface area contributed by atoms with E-state index in [0.29, 0.717) is 5.69 Å². The molecule has 2 aromatic rings. The Morgan fingerprint density at radius 2 is 2.07 bits per heavy atom. The predicted octanol–water partition coefficient (Wildman–Crippen LogP) is 1.23. The lowest BCUT2D eigenvalue weighted by Gasteiger charge is -1.98. The Labute approximate surface area is 79.7 Å². The Hall–Kier alpha value is -2.26. The first-order chi connectivity index (χ1) is 6.90. The number of rotatable bonds is 2. The Morgan fingerprint density at radius 1 is 1.29 bits per heavy atom. The Kier molecular flexibility index (Phi) is 2.17. The smallest absolute Gasteiger partial charge is 0.223 e. The molecule has 5 heteroatoms. The second kappa shape index (κ2) is 3.64. The lowest BCUT2D eigenvalue weighted by Crippen LogP contribution is -1.92. The van der Waals surface area contributed by atoms with Crippen molar-refractivity contribution in [1.29, 1.82) is 0 Å². The van der Waals surface area contributed by atoms with Crippen molar-refractivity contribution in [1.82, 2.24) is 14.8 Å². The van der Waals surface area contributed by atoms with Crippen molar-refractivity contribution in [2.75, 3.05) is 0 Å². The van der Waals surface area contributed by atoms with Gasteiger partial charge >= 0.3 is 0 Å². The van der Waals surface area contributed by atoms with Gasteiger partial charge in [-0.3, -0.25) is 0 Å². The van der Waals surface area contributed by atoms with Gasteiger partial charge in [-0.1, -0.05) is 0 Å². The number of aliphatic imine (C=N–C) groups is 1. The molecule has 0 fully saturated rings. The van der Waals surface area contributed by atoms with Gasteiger partial charge in [-0.15, -0.1) is 0 Å². The van der Waals surface area contributed by atoms with Gasteiger partial charge in [0.1, 0.15) is 12.7 Å². The minimum absolute atomic E-state index is 0.573. The largest absolute Gasteiger partial charge is 0.240 e. The van der Waals surface area contributed by atoms with Gasteiger partial charge in [0.05, 0.1) is 11.4 Å². The molecular formula is C9H6N4O. The van der Waals surface area contributed by atoms with Gasteiger partial charge in [-0.2, -0.15) is 10.1 Å². The SMILES string of the molecule is O=C=Nc1ccc(-n2cncn2)cc1. The lowest BCUT2D eigenvalue weighted by atomic mass is 10.3. The van der Waals surface area contributed by atoms with Crippen LogP contribution in [0.1, 0.15) is 0 Å². The van der Waals surface area contributed by atoms with E-state index in [4.69, 9.17) is 0 Å². The van der Waals surface area contributed by atoms with E-state index in [2.05, 4.69) is 15.1 Å². The summed E-state index contributed by atoms with van der Waals surface area (Å²) in [5, 5.41) is 3.96. The number of hydrogen-bond donors (Lipinski definition) is 0. The van der Waals surface area contributed by atoms with E-state index in [1.165, 1.54) is 12.4 Å². The van der Waals surface area contributed by atoms with E-state index < -0.39 is 0 Å². The second-order valence-corrected chi connectivity index (χ2v) is 2.56. The van der Waals surface area contributed by atoms with Gasteiger partial charge in [0, 0.05) is 0 Å². The number of benzene rings is 1. The zero-order valence-electron chi connectivity index (χ0n) is 7.16. The molecule has 1 aromatic carbocycles. The van der Waals surface area contributed by atoms with Crippen LogP contribution in [-0.2, 0) is 4.79 Å². The van der Waals surface area contributed by atoms with Crippen LogP contribution in [0.4, 0.5) is 5.69 Å². The molecule has 0 atom stereocenters. The van der Waals surface area contributed by atoms with E-state index in [1.54, 1.807) is 35.3 Å². The average Bonchev–Trinajstić information content (AvgIpc) is 2.72. The number of hydrogen-bond acceptors (Lipinski definition) is 4. The molecule has 1 aromatic heterocycles. The van der Waals surface area contributed by atoms with Crippen LogP contribution in [-0.4, -0.2) is 20.8 Å². The van der Waals surface area contributed by atoms with Crippen molar-refractivity contribution in [3.63, 3.8) is 0 Å². The van der Waals surface area contributed by atoms with Crippen LogP contribution in [0.5, 0.6) is 0 Å². The number of isocyanates is 1. The molecular weight excluding hydrogens is 180 g/mol. The van der Waals surface area contributed by atoms with Crippen molar-refractivity contribution < 1.29 is 4.79 Å². The van der Waals surface area contributed by atoms with Gasteiger partial charge in [0.2, 0.25) is 6.08 Å². The van der Waals surface area contributed by atoms with Crippen LogP contribution in [0.2, 0.25) is 0 Å². The van der Waals surface area contributed by atoms with Gasteiger partial charge in [0.15, 0.2) is 0 Å². The third kappa shape index (κ3) is 1.57. The predicted molar refractivity (Wildman–Crippen MR) is 49.1 cm³/mol. The third-order valence-electron chi connectivity index (χ3n) is 1.71. The average molecular weight is 186 g/mol. The minimum atomic E-state index is 0.573. The summed E-state index contributed by atoms with van der Waals surface area (Å²) < 4.78 is 1.62. The first kappa shape index (κ1) is 8.34. The fourth-order valence-electron chi connectivity index (χ4n) is 1.07. The maximum absolute atomic E-state index is 9.97. The van der Waals surface area contributed by atoms with Crippen LogP contribution in [0.3, 0.4) is 0 Å². The third-order valence-corrected chi connectivity index (χ3v) is 1.71. The maximum Gasteiger partial charge on any atom is 0.240 e. The van der Waals surface area contributed by atoms with Crippen molar-refractivity contribution >= 4 is 11.8 Å². The van der Waals surface area contributed by atoms with Crippen molar-refractivity contribution in [3.05, 3.63) is 36.9 Å². The maximum atomic E-state index is 9.97. The Morgan fingerprint density at radius 3 is 2.64 bits per heavy atom. The molecule has 14 heavy (non-hydrogen) atoms. The van der Waals surface area contributed by atoms with Gasteiger partial charge < -0.3 is 0 Å². The van der Waals surface area contributed by atoms with E-state index in [-0.39, 0.29) is 0 Å². The standard InChI is InChI=1S/C9H6N4O/c14-7-11-8-1-3-9(4-2-8)13-6-10-5-12-13/h1-6H. The normalized spacial score (nSPS) is 9.43. The summed E-state index contributed by atoms with van der Waals surface area (Å²) in [6.07, 6.45) is 4.53. The Balaban J connectivity index is 2.35. The molecule has 5 nitrogen and oxygen atoms in total. The number of aromatic nitrogens is 3. The first-order valence-corrected chi connectivity index (χ1v) is 3.93. The summed E-state index contributed by atoms with van der Waals surface area (Å²) in [7, 11) is 0. The molecule has 68 valence electrons. The molecule has 0 amide bonds. The molecule has 0 N–H and O–H groups in total. The van der Waals surface area contributed by atoms with Crippen LogP contribution in [0, 0.1) is 0 Å². The quantitative estimate of drug-likeness (QED) is 0.523. The zero-order chi connectivity index (χ0) is 9.80. The Bertz CT molecular complexity index is 454. The molecule has 0 saturated heterocycles. The van der Waals surface area contributed by atoms with E-state index in [1.807, 2.05) is 0 Å². The fourth-order valence-corrected chi connectivity index (χ4v) is 1.07. The van der Waals surface area contributed by atoms with Gasteiger partial charge in [-0.25, -0.2) is 14.5 Å². The van der Waals surface area contributed by atoms with Crippen molar-refractivity contribution in [3.8, 4) is 5.69 Å². The summed E-state index contributed by atoms with van der Waals surface area (Å²) in [5.41, 5.74) is 1.44. The highest BCUT2D eigenvalue weighted by Gasteiger charge is 1.95. The molecule has 0 unspecified atom stereocenters. The van der Waals surface area contributed by atoms with Gasteiger partial charge in [0.25, 0.3) is 0 Å². The second-order valence-electron chi connectivity index (χ2n) is 2.56. The zero-order valence-corrected chi connectivity index (χ0v) is 7.16. The molecule has 0 saturated carbocycles. The first-order valence-electron chi connectivity index (χ1n) is 3.93. The van der Waals surface area contributed by atoms with Crippen LogP contribution in [0.25, 0.3) is 5.69 Å². The van der Waals surface area contributed by atoms with E-state index in [9.17, 15) is 4.79 Å². The summed E-state index contributed by atoms with van der Waals surface area (Å²) in [5.74, 6) is 0. The minimum Gasteiger partial charge on any atom is -0.223 e. The van der Waals surface area contributed by atoms with Gasteiger partial charge in [-0.05, 0) is 24.3 Å². The number of carbonyl (C=O) groups excluding carboxylic acids is 1. The molecule has 0 aliphatic heterocycles. The summed E-state index contributed by atoms with van der Waals surface area (Å²) in [4.78, 5) is 17.3. The van der Waals surface area contributed by atoms with Crippen LogP contribution >= 0.6 is 0 Å². The molecule has 0 spiro atoms. The number of nitrogens with zero attached hydrogens (tertiary/aromatic N) is 4. The summed E-state index contributed by atoms with van der Waals surface area (Å²) >= 11 is 0. The van der Waals surface area contributed by atoms with Crippen molar-refractivity contribution in [2.24, 2.45) is 4.99 Å². The molecule has 0 aliphatic rings. The highest BCUT2D eigenvalue weighted by molar-refractivity contribution is 5.51. The summed E-state index contributed by atoms with van der Waals surface area (Å²) in [6, 6.07) is 7.01. The topological polar surface area (TPSA) is 60.1 Å². The molecule has 0 bridgehead atoms. The summed E-state index contributed by atoms with van der Waals surface area (Å²) in [6.45, 7) is 0. The fraction of sp³-hybridized carbons (Fsp3) is 0. The molecule has 2 rings (SSSR count). The molecule has 0 aliphatic carbocycles. The van der Waals surface area contributed by atoms with Crippen LogP contribution in [0.15, 0.2) is 41.9 Å². The molecule has 0 radical (unpaired) electrons. The van der Waals surface area contributed by atoms with Crippen LogP contribution < -0.4 is 0 Å². The van der Waals surface area contributed by atoms with E-state index in [0.717, 1.165) is 5.69 Å². The van der Waals surface area contributed by atoms with Crippen molar-refractivity contribution in [2.45, 2.75) is 0 Å².